The van der Waals surface area contributed by atoms with E-state index in [1.807, 2.05) is 42.2 Å². The number of hydrogen-bond acceptors (Lipinski definition) is 7. The van der Waals surface area contributed by atoms with Crippen molar-refractivity contribution in [3.05, 3.63) is 52.4 Å². The van der Waals surface area contributed by atoms with Gasteiger partial charge in [0.25, 0.3) is 5.56 Å². The van der Waals surface area contributed by atoms with Gasteiger partial charge in [-0.05, 0) is 62.6 Å². The number of aromatic nitrogens is 3. The van der Waals surface area contributed by atoms with Crippen molar-refractivity contribution in [2.45, 2.75) is 63.6 Å². The lowest BCUT2D eigenvalue weighted by Gasteiger charge is -2.33. The number of fused-ring (bicyclic) bond motifs is 1. The third kappa shape index (κ3) is 5.94. The lowest BCUT2D eigenvalue weighted by molar-refractivity contribution is 0.183. The molecule has 0 spiro atoms. The highest BCUT2D eigenvalue weighted by atomic mass is 32.2. The van der Waals surface area contributed by atoms with E-state index in [1.165, 1.54) is 10.6 Å². The number of pyridine rings is 1. The lowest BCUT2D eigenvalue weighted by Crippen LogP contribution is -2.47. The minimum absolute atomic E-state index is 0.0169. The molecule has 0 radical (unpaired) electrons. The summed E-state index contributed by atoms with van der Waals surface area (Å²) in [4.78, 5) is 37.8. The number of sulfonamides is 1. The first kappa shape index (κ1) is 27.6. The molecular formula is C29H37N7O4S. The Morgan fingerprint density at radius 2 is 1.66 bits per heavy atom. The lowest BCUT2D eigenvalue weighted by atomic mass is 9.99. The van der Waals surface area contributed by atoms with Crippen LogP contribution < -0.4 is 16.2 Å². The smallest absolute Gasteiger partial charge is 0.317 e. The van der Waals surface area contributed by atoms with Crippen molar-refractivity contribution in [2.75, 3.05) is 37.8 Å². The molecule has 1 aliphatic carbocycles. The second kappa shape index (κ2) is 11.1. The first-order chi connectivity index (χ1) is 19.7. The first-order valence-electron chi connectivity index (χ1n) is 14.4. The van der Waals surface area contributed by atoms with E-state index < -0.39 is 10.0 Å². The largest absolute Gasteiger partial charge is 0.351 e. The molecule has 4 heterocycles. The standard InChI is InChI=1S/C29H37N7O4S/c1-19-5-3-4-6-24(19)25-17-20-18-30-28(31-22-9-13-34(14-10-22)29(38)32-21-7-8-21)33-26(20)36(27(25)37)23-11-15-35(16-12-23)41(2,39)40/h3-6,17-18,21-23H,7-16H2,1-2H3,(H,32,38)(H,30,31,33). The van der Waals surface area contributed by atoms with Gasteiger partial charge in [0.05, 0.1) is 6.26 Å². The fraction of sp³-hybridized carbons (Fsp3) is 0.517. The number of likely N-dealkylation sites (tertiary alicyclic amines) is 1. The second-order valence-corrected chi connectivity index (χ2v) is 13.5. The summed E-state index contributed by atoms with van der Waals surface area (Å²) in [5, 5.41) is 7.24. The average Bonchev–Trinajstić information content (AvgIpc) is 3.77. The molecular weight excluding hydrogens is 542 g/mol. The number of piperidine rings is 2. The number of nitrogens with one attached hydrogen (secondary N) is 2. The Hall–Kier alpha value is -3.51. The number of carbonyl (C=O) groups excluding carboxylic acids is 1. The Balaban J connectivity index is 1.29. The molecule has 2 saturated heterocycles. The Kier molecular flexibility index (Phi) is 7.45. The second-order valence-electron chi connectivity index (χ2n) is 11.5. The van der Waals surface area contributed by atoms with E-state index in [1.54, 1.807) is 10.8 Å². The van der Waals surface area contributed by atoms with Gasteiger partial charge in [-0.25, -0.2) is 22.5 Å². The van der Waals surface area contributed by atoms with Crippen molar-refractivity contribution < 1.29 is 13.2 Å². The van der Waals surface area contributed by atoms with Crippen molar-refractivity contribution in [1.82, 2.24) is 29.1 Å². The van der Waals surface area contributed by atoms with Gasteiger partial charge in [0.2, 0.25) is 16.0 Å². The molecule has 3 fully saturated rings. The zero-order chi connectivity index (χ0) is 28.7. The van der Waals surface area contributed by atoms with Crippen LogP contribution in [-0.4, -0.2) is 82.7 Å². The Morgan fingerprint density at radius 1 is 0.951 bits per heavy atom. The van der Waals surface area contributed by atoms with Crippen LogP contribution in [0.15, 0.2) is 41.3 Å². The molecule has 6 rings (SSSR count). The molecule has 0 bridgehead atoms. The number of anilines is 1. The van der Waals surface area contributed by atoms with Crippen molar-refractivity contribution >= 4 is 33.0 Å². The van der Waals surface area contributed by atoms with Crippen LogP contribution in [0.25, 0.3) is 22.2 Å². The zero-order valence-corrected chi connectivity index (χ0v) is 24.4. The Morgan fingerprint density at radius 3 is 2.32 bits per heavy atom. The molecule has 41 heavy (non-hydrogen) atoms. The molecule has 3 aliphatic rings. The molecule has 0 unspecified atom stereocenters. The molecule has 3 aromatic rings. The van der Waals surface area contributed by atoms with Crippen LogP contribution in [0.5, 0.6) is 0 Å². The van der Waals surface area contributed by atoms with Crippen LogP contribution in [0.1, 0.15) is 50.1 Å². The van der Waals surface area contributed by atoms with Gasteiger partial charge in [0.1, 0.15) is 5.65 Å². The van der Waals surface area contributed by atoms with Crippen LogP contribution in [-0.2, 0) is 10.0 Å². The summed E-state index contributed by atoms with van der Waals surface area (Å²) in [6.45, 7) is 4.02. The van der Waals surface area contributed by atoms with Gasteiger partial charge < -0.3 is 15.5 Å². The van der Waals surface area contributed by atoms with Gasteiger partial charge in [-0.1, -0.05) is 24.3 Å². The predicted molar refractivity (Wildman–Crippen MR) is 158 cm³/mol. The van der Waals surface area contributed by atoms with E-state index in [0.29, 0.717) is 62.2 Å². The Labute approximate surface area is 240 Å². The van der Waals surface area contributed by atoms with Crippen LogP contribution >= 0.6 is 0 Å². The fourth-order valence-electron chi connectivity index (χ4n) is 5.93. The molecule has 1 aromatic carbocycles. The molecule has 218 valence electrons. The minimum atomic E-state index is -3.29. The number of urea groups is 1. The van der Waals surface area contributed by atoms with E-state index >= 15 is 0 Å². The predicted octanol–water partition coefficient (Wildman–Crippen LogP) is 3.11. The quantitative estimate of drug-likeness (QED) is 0.459. The van der Waals surface area contributed by atoms with E-state index in [4.69, 9.17) is 4.98 Å². The van der Waals surface area contributed by atoms with Crippen LogP contribution in [0, 0.1) is 6.92 Å². The van der Waals surface area contributed by atoms with Gasteiger partial charge in [0, 0.05) is 61.5 Å². The van der Waals surface area contributed by atoms with Crippen LogP contribution in [0.3, 0.4) is 0 Å². The summed E-state index contributed by atoms with van der Waals surface area (Å²) in [5.41, 5.74) is 2.86. The number of nitrogens with zero attached hydrogens (tertiary/aromatic N) is 5. The molecule has 2 aromatic heterocycles. The third-order valence-corrected chi connectivity index (χ3v) is 9.79. The molecule has 2 aliphatic heterocycles. The highest BCUT2D eigenvalue weighted by Crippen LogP contribution is 2.30. The van der Waals surface area contributed by atoms with E-state index in [0.717, 1.165) is 42.2 Å². The minimum Gasteiger partial charge on any atom is -0.351 e. The highest BCUT2D eigenvalue weighted by molar-refractivity contribution is 7.88. The third-order valence-electron chi connectivity index (χ3n) is 8.49. The maximum Gasteiger partial charge on any atom is 0.317 e. The molecule has 11 nitrogen and oxygen atoms in total. The van der Waals surface area contributed by atoms with Crippen molar-refractivity contribution in [3.8, 4) is 11.1 Å². The van der Waals surface area contributed by atoms with Crippen molar-refractivity contribution in [3.63, 3.8) is 0 Å². The van der Waals surface area contributed by atoms with Gasteiger partial charge >= 0.3 is 6.03 Å². The molecule has 12 heteroatoms. The van der Waals surface area contributed by atoms with Crippen molar-refractivity contribution in [1.29, 1.82) is 0 Å². The number of amides is 2. The number of rotatable bonds is 6. The number of carbonyl (C=O) groups is 1. The summed E-state index contributed by atoms with van der Waals surface area (Å²) in [6.07, 6.45) is 7.72. The fourth-order valence-corrected chi connectivity index (χ4v) is 6.81. The Bertz CT molecular complexity index is 1620. The van der Waals surface area contributed by atoms with Gasteiger partial charge in [-0.15, -0.1) is 0 Å². The average molecular weight is 580 g/mol. The summed E-state index contributed by atoms with van der Waals surface area (Å²) < 4.78 is 27.5. The normalized spacial score (nSPS) is 19.4. The maximum absolute atomic E-state index is 14.1. The van der Waals surface area contributed by atoms with Gasteiger partial charge in [-0.3, -0.25) is 9.36 Å². The van der Waals surface area contributed by atoms with Crippen LogP contribution in [0.4, 0.5) is 10.7 Å². The summed E-state index contributed by atoms with van der Waals surface area (Å²) in [5.74, 6) is 0.448. The monoisotopic (exact) mass is 579 g/mol. The van der Waals surface area contributed by atoms with Gasteiger partial charge in [0.15, 0.2) is 0 Å². The van der Waals surface area contributed by atoms with E-state index in [2.05, 4.69) is 15.6 Å². The van der Waals surface area contributed by atoms with Gasteiger partial charge in [-0.2, -0.15) is 4.98 Å². The number of aryl methyl sites for hydroxylation is 1. The van der Waals surface area contributed by atoms with E-state index in [-0.39, 0.29) is 23.7 Å². The van der Waals surface area contributed by atoms with E-state index in [9.17, 15) is 18.0 Å². The highest BCUT2D eigenvalue weighted by Gasteiger charge is 2.30. The zero-order valence-electron chi connectivity index (χ0n) is 23.5. The molecule has 2 N–H and O–H groups in total. The number of hydrogen-bond donors (Lipinski definition) is 2. The van der Waals surface area contributed by atoms with Crippen molar-refractivity contribution in [2.24, 2.45) is 0 Å². The molecule has 1 saturated carbocycles. The topological polar surface area (TPSA) is 130 Å². The molecule has 2 amide bonds. The molecule has 0 atom stereocenters. The summed E-state index contributed by atoms with van der Waals surface area (Å²) in [6, 6.07) is 9.94. The summed E-state index contributed by atoms with van der Waals surface area (Å²) in [7, 11) is -3.29. The summed E-state index contributed by atoms with van der Waals surface area (Å²) >= 11 is 0. The maximum atomic E-state index is 14.1. The SMILES string of the molecule is Cc1ccccc1-c1cc2cnc(NC3CCN(C(=O)NC4CC4)CC3)nc2n(C2CCN(S(C)(=O)=O)CC2)c1=O. The first-order valence-corrected chi connectivity index (χ1v) is 16.3. The van der Waals surface area contributed by atoms with Crippen LogP contribution in [0.2, 0.25) is 0 Å². The number of benzene rings is 1.